The SMILES string of the molecule is CCNC(=NCc1ccc(C)cc1OC)NCC(C(C)C)N1CCOCC1. The lowest BCUT2D eigenvalue weighted by Crippen LogP contribution is -2.52. The van der Waals surface area contributed by atoms with Gasteiger partial charge in [-0.1, -0.05) is 26.0 Å². The van der Waals surface area contributed by atoms with E-state index in [-0.39, 0.29) is 0 Å². The minimum atomic E-state index is 0.465. The Morgan fingerprint density at radius 3 is 2.63 bits per heavy atom. The maximum atomic E-state index is 5.50. The average molecular weight is 377 g/mol. The zero-order chi connectivity index (χ0) is 19.6. The van der Waals surface area contributed by atoms with Gasteiger partial charge < -0.3 is 20.1 Å². The fourth-order valence-corrected chi connectivity index (χ4v) is 3.39. The van der Waals surface area contributed by atoms with E-state index in [1.54, 1.807) is 7.11 Å². The molecule has 0 amide bonds. The van der Waals surface area contributed by atoms with Crippen LogP contribution in [0.4, 0.5) is 0 Å². The number of methoxy groups -OCH3 is 1. The number of benzene rings is 1. The Bertz CT molecular complexity index is 598. The van der Waals surface area contributed by atoms with Gasteiger partial charge in [-0.25, -0.2) is 4.99 Å². The molecular weight excluding hydrogens is 340 g/mol. The van der Waals surface area contributed by atoms with Crippen LogP contribution in [-0.2, 0) is 11.3 Å². The molecule has 1 aliphatic heterocycles. The quantitative estimate of drug-likeness (QED) is 0.539. The molecule has 2 rings (SSSR count). The molecule has 6 nitrogen and oxygen atoms in total. The highest BCUT2D eigenvalue weighted by Gasteiger charge is 2.23. The standard InChI is InChI=1S/C21H36N4O2/c1-6-22-21(23-14-18-8-7-17(4)13-20(18)26-5)24-15-19(16(2)3)25-9-11-27-12-10-25/h7-8,13,16,19H,6,9-12,14-15H2,1-5H3,(H2,22,23,24). The van der Waals surface area contributed by atoms with Gasteiger partial charge in [0.05, 0.1) is 26.9 Å². The van der Waals surface area contributed by atoms with Crippen LogP contribution in [0.15, 0.2) is 23.2 Å². The molecule has 0 spiro atoms. The molecule has 1 atom stereocenters. The van der Waals surface area contributed by atoms with Gasteiger partial charge in [0.25, 0.3) is 0 Å². The highest BCUT2D eigenvalue weighted by Crippen LogP contribution is 2.20. The van der Waals surface area contributed by atoms with Gasteiger partial charge in [0.15, 0.2) is 5.96 Å². The van der Waals surface area contributed by atoms with Gasteiger partial charge in [-0.15, -0.1) is 0 Å². The average Bonchev–Trinajstić information content (AvgIpc) is 2.67. The number of rotatable bonds is 8. The van der Waals surface area contributed by atoms with Crippen molar-refractivity contribution in [3.8, 4) is 5.75 Å². The first kappa shape index (κ1) is 21.5. The third-order valence-electron chi connectivity index (χ3n) is 4.96. The number of aliphatic imine (C=N–C) groups is 1. The molecule has 1 unspecified atom stereocenters. The summed E-state index contributed by atoms with van der Waals surface area (Å²) in [5.74, 6) is 2.30. The molecule has 152 valence electrons. The summed E-state index contributed by atoms with van der Waals surface area (Å²) in [6.45, 7) is 14.7. The number of morpholine rings is 1. The summed E-state index contributed by atoms with van der Waals surface area (Å²) in [5.41, 5.74) is 2.28. The fraction of sp³-hybridized carbons (Fsp3) is 0.667. The molecule has 1 aliphatic rings. The van der Waals surface area contributed by atoms with E-state index in [4.69, 9.17) is 14.5 Å². The summed E-state index contributed by atoms with van der Waals surface area (Å²) < 4.78 is 11.0. The highest BCUT2D eigenvalue weighted by molar-refractivity contribution is 5.79. The molecule has 0 radical (unpaired) electrons. The van der Waals surface area contributed by atoms with Crippen LogP contribution in [0, 0.1) is 12.8 Å². The minimum absolute atomic E-state index is 0.465. The third-order valence-corrected chi connectivity index (χ3v) is 4.96. The van der Waals surface area contributed by atoms with Crippen LogP contribution in [0.1, 0.15) is 31.9 Å². The first-order chi connectivity index (χ1) is 13.0. The van der Waals surface area contributed by atoms with Crippen LogP contribution in [0.25, 0.3) is 0 Å². The lowest BCUT2D eigenvalue weighted by molar-refractivity contribution is 0.00752. The van der Waals surface area contributed by atoms with Gasteiger partial charge in [0, 0.05) is 37.8 Å². The molecule has 1 aromatic rings. The third kappa shape index (κ3) is 6.70. The smallest absolute Gasteiger partial charge is 0.191 e. The van der Waals surface area contributed by atoms with Crippen LogP contribution in [0.3, 0.4) is 0 Å². The summed E-state index contributed by atoms with van der Waals surface area (Å²) in [6.07, 6.45) is 0. The summed E-state index contributed by atoms with van der Waals surface area (Å²) >= 11 is 0. The number of guanidine groups is 1. The second kappa shape index (κ2) is 11.1. The van der Waals surface area contributed by atoms with Crippen LogP contribution < -0.4 is 15.4 Å². The molecule has 0 aliphatic carbocycles. The van der Waals surface area contributed by atoms with Gasteiger partial charge in [0.1, 0.15) is 5.75 Å². The van der Waals surface area contributed by atoms with Crippen molar-refractivity contribution in [3.05, 3.63) is 29.3 Å². The van der Waals surface area contributed by atoms with Gasteiger partial charge in [0.2, 0.25) is 0 Å². The number of nitrogens with one attached hydrogen (secondary N) is 2. The first-order valence-electron chi connectivity index (χ1n) is 10.0. The summed E-state index contributed by atoms with van der Waals surface area (Å²) in [6, 6.07) is 6.71. The molecule has 0 aromatic heterocycles. The molecule has 6 heteroatoms. The molecule has 0 saturated carbocycles. The van der Waals surface area contributed by atoms with Gasteiger partial charge in [-0.2, -0.15) is 0 Å². The lowest BCUT2D eigenvalue weighted by atomic mass is 10.0. The highest BCUT2D eigenvalue weighted by atomic mass is 16.5. The Morgan fingerprint density at radius 2 is 2.00 bits per heavy atom. The van der Waals surface area contributed by atoms with Crippen LogP contribution in [-0.4, -0.2) is 63.4 Å². The number of hydrogen-bond donors (Lipinski definition) is 2. The number of hydrogen-bond acceptors (Lipinski definition) is 4. The van der Waals surface area contributed by atoms with Crippen LogP contribution in [0.2, 0.25) is 0 Å². The van der Waals surface area contributed by atoms with E-state index in [1.807, 2.05) is 0 Å². The van der Waals surface area contributed by atoms with Gasteiger partial charge in [-0.3, -0.25) is 4.90 Å². The van der Waals surface area contributed by atoms with Crippen molar-refractivity contribution in [2.75, 3.05) is 46.5 Å². The van der Waals surface area contributed by atoms with E-state index in [1.165, 1.54) is 5.56 Å². The Hall–Kier alpha value is -1.79. The Kier molecular flexibility index (Phi) is 8.88. The Labute approximate surface area is 164 Å². The molecule has 1 heterocycles. The molecule has 0 bridgehead atoms. The van der Waals surface area contributed by atoms with E-state index in [2.05, 4.69) is 61.4 Å². The zero-order valence-electron chi connectivity index (χ0n) is 17.5. The van der Waals surface area contributed by atoms with Crippen molar-refractivity contribution in [1.82, 2.24) is 15.5 Å². The van der Waals surface area contributed by atoms with Crippen LogP contribution in [0.5, 0.6) is 5.75 Å². The molecule has 1 saturated heterocycles. The minimum Gasteiger partial charge on any atom is -0.496 e. The maximum absolute atomic E-state index is 5.50. The lowest BCUT2D eigenvalue weighted by Gasteiger charge is -2.37. The van der Waals surface area contributed by atoms with Crippen LogP contribution >= 0.6 is 0 Å². The summed E-state index contributed by atoms with van der Waals surface area (Å²) in [4.78, 5) is 7.29. The zero-order valence-corrected chi connectivity index (χ0v) is 17.5. The van der Waals surface area contributed by atoms with E-state index >= 15 is 0 Å². The van der Waals surface area contributed by atoms with E-state index in [0.29, 0.717) is 18.5 Å². The topological polar surface area (TPSA) is 58.1 Å². The Balaban J connectivity index is 2.01. The van der Waals surface area contributed by atoms with E-state index in [9.17, 15) is 0 Å². The summed E-state index contributed by atoms with van der Waals surface area (Å²) in [5, 5.41) is 6.89. The molecule has 1 fully saturated rings. The second-order valence-electron chi connectivity index (χ2n) is 7.35. The normalized spacial score (nSPS) is 17.0. The molecule has 1 aromatic carbocycles. The molecule has 27 heavy (non-hydrogen) atoms. The number of ether oxygens (including phenoxy) is 2. The van der Waals surface area contributed by atoms with Crippen molar-refractivity contribution < 1.29 is 9.47 Å². The predicted molar refractivity (Wildman–Crippen MR) is 112 cm³/mol. The van der Waals surface area contributed by atoms with Gasteiger partial charge in [-0.05, 0) is 31.4 Å². The fourth-order valence-electron chi connectivity index (χ4n) is 3.39. The maximum Gasteiger partial charge on any atom is 0.191 e. The summed E-state index contributed by atoms with van der Waals surface area (Å²) in [7, 11) is 1.71. The number of aryl methyl sites for hydroxylation is 1. The van der Waals surface area contributed by atoms with Crippen molar-refractivity contribution in [2.45, 2.75) is 40.3 Å². The van der Waals surface area contributed by atoms with E-state index in [0.717, 1.165) is 56.7 Å². The number of nitrogens with zero attached hydrogens (tertiary/aromatic N) is 2. The van der Waals surface area contributed by atoms with Crippen molar-refractivity contribution in [1.29, 1.82) is 0 Å². The van der Waals surface area contributed by atoms with Crippen molar-refractivity contribution in [3.63, 3.8) is 0 Å². The van der Waals surface area contributed by atoms with Crippen molar-refractivity contribution >= 4 is 5.96 Å². The second-order valence-corrected chi connectivity index (χ2v) is 7.35. The molecular formula is C21H36N4O2. The largest absolute Gasteiger partial charge is 0.496 e. The predicted octanol–water partition coefficient (Wildman–Crippen LogP) is 2.42. The van der Waals surface area contributed by atoms with Crippen molar-refractivity contribution in [2.24, 2.45) is 10.9 Å². The monoisotopic (exact) mass is 376 g/mol. The Morgan fingerprint density at radius 1 is 1.26 bits per heavy atom. The van der Waals surface area contributed by atoms with Gasteiger partial charge >= 0.3 is 0 Å². The first-order valence-corrected chi connectivity index (χ1v) is 10.0. The molecule has 2 N–H and O–H groups in total. The van der Waals surface area contributed by atoms with E-state index < -0.39 is 0 Å².